The van der Waals surface area contributed by atoms with Crippen molar-refractivity contribution in [1.29, 1.82) is 0 Å². The fourth-order valence-electron chi connectivity index (χ4n) is 5.34. The summed E-state index contributed by atoms with van der Waals surface area (Å²) < 4.78 is 0. The lowest BCUT2D eigenvalue weighted by molar-refractivity contribution is 0.138. The Kier molecular flexibility index (Phi) is 7.79. The second-order valence-electron chi connectivity index (χ2n) is 10.6. The first kappa shape index (κ1) is 23.7. The quantitative estimate of drug-likeness (QED) is 0.588. The maximum Gasteiger partial charge on any atom is 0.111 e. The Morgan fingerprint density at radius 2 is 0.912 bits per heavy atom. The Balaban J connectivity index is 1.000. The van der Waals surface area contributed by atoms with E-state index in [2.05, 4.69) is 78.3 Å². The highest BCUT2D eigenvalue weighted by Crippen LogP contribution is 2.13. The van der Waals surface area contributed by atoms with Crippen molar-refractivity contribution in [3.8, 4) is 0 Å². The highest BCUT2D eigenvalue weighted by Gasteiger charge is 2.22. The highest BCUT2D eigenvalue weighted by atomic mass is 15.3. The maximum absolute atomic E-state index is 4.61. The van der Waals surface area contributed by atoms with E-state index in [-0.39, 0.29) is 0 Å². The first-order chi connectivity index (χ1) is 16.6. The molecular formula is C26H42N8. The molecule has 8 heteroatoms. The van der Waals surface area contributed by atoms with Crippen LogP contribution in [0.2, 0.25) is 0 Å². The van der Waals surface area contributed by atoms with Crippen LogP contribution in [0.15, 0.2) is 34.3 Å². The molecule has 34 heavy (non-hydrogen) atoms. The van der Waals surface area contributed by atoms with E-state index in [9.17, 15) is 0 Å². The number of nitrogens with one attached hydrogen (secondary N) is 2. The van der Waals surface area contributed by atoms with Gasteiger partial charge >= 0.3 is 0 Å². The molecule has 2 saturated heterocycles. The molecule has 8 nitrogen and oxygen atoms in total. The van der Waals surface area contributed by atoms with Crippen molar-refractivity contribution in [2.75, 3.05) is 78.5 Å². The molecule has 2 fully saturated rings. The van der Waals surface area contributed by atoms with Crippen LogP contribution >= 0.6 is 0 Å². The van der Waals surface area contributed by atoms with Crippen molar-refractivity contribution in [3.05, 3.63) is 35.4 Å². The Morgan fingerprint density at radius 1 is 0.588 bits per heavy atom. The molecule has 0 aliphatic carbocycles. The second-order valence-corrected chi connectivity index (χ2v) is 10.6. The van der Waals surface area contributed by atoms with Gasteiger partial charge in [-0.2, -0.15) is 0 Å². The van der Waals surface area contributed by atoms with Gasteiger partial charge in [0.25, 0.3) is 0 Å². The SMILES string of the molecule is CC1CN=C(CN2CCN(Cc3ccc(CN4CCN(CC5=NCC(C)N5)CC4)cc3)CC2)N1. The predicted molar refractivity (Wildman–Crippen MR) is 140 cm³/mol. The van der Waals surface area contributed by atoms with Crippen molar-refractivity contribution in [3.63, 3.8) is 0 Å². The van der Waals surface area contributed by atoms with Crippen molar-refractivity contribution >= 4 is 11.7 Å². The summed E-state index contributed by atoms with van der Waals surface area (Å²) in [5.74, 6) is 2.35. The summed E-state index contributed by atoms with van der Waals surface area (Å²) in [4.78, 5) is 19.5. The molecule has 1 aromatic carbocycles. The van der Waals surface area contributed by atoms with Crippen LogP contribution in [0.1, 0.15) is 25.0 Å². The molecule has 0 aromatic heterocycles. The fraction of sp³-hybridized carbons (Fsp3) is 0.692. The van der Waals surface area contributed by atoms with Gasteiger partial charge < -0.3 is 10.6 Å². The second kappa shape index (κ2) is 11.2. The van der Waals surface area contributed by atoms with E-state index < -0.39 is 0 Å². The number of piperazine rings is 2. The lowest BCUT2D eigenvalue weighted by atomic mass is 10.1. The monoisotopic (exact) mass is 466 g/mol. The van der Waals surface area contributed by atoms with Gasteiger partial charge in [-0.1, -0.05) is 24.3 Å². The summed E-state index contributed by atoms with van der Waals surface area (Å²) in [5, 5.41) is 6.97. The summed E-state index contributed by atoms with van der Waals surface area (Å²) in [6.07, 6.45) is 0. The minimum absolute atomic E-state index is 0.502. The third-order valence-electron chi connectivity index (χ3n) is 7.45. The van der Waals surface area contributed by atoms with Crippen LogP contribution in [0.5, 0.6) is 0 Å². The maximum atomic E-state index is 4.61. The minimum Gasteiger partial charge on any atom is -0.368 e. The molecule has 2 N–H and O–H groups in total. The Bertz CT molecular complexity index is 779. The molecule has 4 heterocycles. The molecule has 0 amide bonds. The van der Waals surface area contributed by atoms with Gasteiger partial charge in [-0.3, -0.25) is 29.6 Å². The Morgan fingerprint density at radius 3 is 1.21 bits per heavy atom. The van der Waals surface area contributed by atoms with Crippen LogP contribution in [-0.2, 0) is 13.1 Å². The van der Waals surface area contributed by atoms with Crippen LogP contribution in [-0.4, -0.2) is 122 Å². The molecule has 2 atom stereocenters. The predicted octanol–water partition coefficient (Wildman–Crippen LogP) is 0.702. The zero-order chi connectivity index (χ0) is 23.3. The third-order valence-corrected chi connectivity index (χ3v) is 7.45. The third kappa shape index (κ3) is 6.56. The summed E-state index contributed by atoms with van der Waals surface area (Å²) in [6.45, 7) is 19.4. The van der Waals surface area contributed by atoms with Gasteiger partial charge in [0.15, 0.2) is 0 Å². The largest absolute Gasteiger partial charge is 0.368 e. The van der Waals surface area contributed by atoms with Gasteiger partial charge in [0.1, 0.15) is 11.7 Å². The first-order valence-electron chi connectivity index (χ1n) is 13.2. The summed E-state index contributed by atoms with van der Waals surface area (Å²) in [7, 11) is 0. The number of benzene rings is 1. The molecule has 5 rings (SSSR count). The summed E-state index contributed by atoms with van der Waals surface area (Å²) in [5.41, 5.74) is 2.86. The normalized spacial score (nSPS) is 27.4. The van der Waals surface area contributed by atoms with Crippen molar-refractivity contribution < 1.29 is 0 Å². The topological polar surface area (TPSA) is 61.7 Å². The molecule has 0 bridgehead atoms. The lowest BCUT2D eigenvalue weighted by Crippen LogP contribution is -2.49. The van der Waals surface area contributed by atoms with E-state index >= 15 is 0 Å². The van der Waals surface area contributed by atoms with Crippen LogP contribution in [0.3, 0.4) is 0 Å². The molecule has 0 radical (unpaired) electrons. The molecule has 186 valence electrons. The number of hydrogen-bond acceptors (Lipinski definition) is 8. The molecule has 4 aliphatic rings. The average Bonchev–Trinajstić information content (AvgIpc) is 3.45. The van der Waals surface area contributed by atoms with Crippen LogP contribution in [0.4, 0.5) is 0 Å². The van der Waals surface area contributed by atoms with E-state index in [1.165, 1.54) is 22.8 Å². The number of rotatable bonds is 8. The molecule has 0 spiro atoms. The van der Waals surface area contributed by atoms with Gasteiger partial charge in [-0.25, -0.2) is 0 Å². The molecular weight excluding hydrogens is 424 g/mol. The van der Waals surface area contributed by atoms with Crippen LogP contribution in [0, 0.1) is 0 Å². The Hall–Kier alpha value is -2.00. The first-order valence-corrected chi connectivity index (χ1v) is 13.2. The van der Waals surface area contributed by atoms with Crippen LogP contribution in [0.25, 0.3) is 0 Å². The number of aliphatic imine (C=N–C) groups is 2. The minimum atomic E-state index is 0.502. The molecule has 2 unspecified atom stereocenters. The highest BCUT2D eigenvalue weighted by molar-refractivity contribution is 5.86. The number of amidine groups is 2. The van der Waals surface area contributed by atoms with E-state index in [1.807, 2.05) is 0 Å². The van der Waals surface area contributed by atoms with E-state index in [0.717, 1.165) is 91.6 Å². The molecule has 4 aliphatic heterocycles. The van der Waals surface area contributed by atoms with Gasteiger partial charge in [0, 0.05) is 77.5 Å². The van der Waals surface area contributed by atoms with E-state index in [1.54, 1.807) is 0 Å². The van der Waals surface area contributed by atoms with E-state index in [0.29, 0.717) is 12.1 Å². The molecule has 0 saturated carbocycles. The Labute approximate surface area is 205 Å². The number of hydrogen-bond donors (Lipinski definition) is 2. The summed E-state index contributed by atoms with van der Waals surface area (Å²) >= 11 is 0. The fourth-order valence-corrected chi connectivity index (χ4v) is 5.34. The number of nitrogens with zero attached hydrogens (tertiary/aromatic N) is 6. The summed E-state index contributed by atoms with van der Waals surface area (Å²) in [6, 6.07) is 10.3. The molecule has 1 aromatic rings. The van der Waals surface area contributed by atoms with Crippen molar-refractivity contribution in [2.45, 2.75) is 39.0 Å². The van der Waals surface area contributed by atoms with Crippen molar-refractivity contribution in [2.24, 2.45) is 9.98 Å². The van der Waals surface area contributed by atoms with Gasteiger partial charge in [0.05, 0.1) is 26.2 Å². The van der Waals surface area contributed by atoms with Gasteiger partial charge in [-0.05, 0) is 25.0 Å². The van der Waals surface area contributed by atoms with Gasteiger partial charge in [-0.15, -0.1) is 0 Å². The smallest absolute Gasteiger partial charge is 0.111 e. The standard InChI is InChI=1S/C26H42N8/c1-21-15-27-25(29-21)19-33-11-7-31(8-12-33)17-23-3-5-24(6-4-23)18-32-9-13-34(14-10-32)20-26-28-16-22(2)30-26/h3-6,21-22H,7-20H2,1-2H3,(H,27,29)(H,28,30). The zero-order valence-corrected chi connectivity index (χ0v) is 21.0. The lowest BCUT2D eigenvalue weighted by Gasteiger charge is -2.35. The van der Waals surface area contributed by atoms with Gasteiger partial charge in [0.2, 0.25) is 0 Å². The van der Waals surface area contributed by atoms with E-state index in [4.69, 9.17) is 0 Å². The average molecular weight is 467 g/mol. The zero-order valence-electron chi connectivity index (χ0n) is 21.0. The van der Waals surface area contributed by atoms with Crippen molar-refractivity contribution in [1.82, 2.24) is 30.2 Å². The van der Waals surface area contributed by atoms with Crippen LogP contribution < -0.4 is 10.6 Å².